The molecule has 21 heavy (non-hydrogen) atoms. The van der Waals surface area contributed by atoms with Crippen LogP contribution >= 0.6 is 0 Å². The van der Waals surface area contributed by atoms with E-state index in [2.05, 4.69) is 6.58 Å². The predicted molar refractivity (Wildman–Crippen MR) is 83.6 cm³/mol. The average molecular weight is 310 g/mol. The normalized spacial score (nSPS) is 11.3. The summed E-state index contributed by atoms with van der Waals surface area (Å²) in [5.74, 6) is -1.05. The van der Waals surface area contributed by atoms with Gasteiger partial charge in [0.15, 0.2) is 9.84 Å². The SMILES string of the molecule is C=CCCCCCS(=O)(=O)c1cc(C(=O)O)c(C)cc1C. The van der Waals surface area contributed by atoms with Gasteiger partial charge < -0.3 is 5.11 Å². The lowest BCUT2D eigenvalue weighted by molar-refractivity contribution is 0.0696. The highest BCUT2D eigenvalue weighted by molar-refractivity contribution is 7.91. The fourth-order valence-corrected chi connectivity index (χ4v) is 3.92. The van der Waals surface area contributed by atoms with Crippen molar-refractivity contribution in [1.82, 2.24) is 0 Å². The van der Waals surface area contributed by atoms with Crippen molar-refractivity contribution in [3.05, 3.63) is 41.5 Å². The molecule has 0 aromatic heterocycles. The number of carboxylic acids is 1. The number of hydrogen-bond acceptors (Lipinski definition) is 3. The minimum absolute atomic E-state index is 0.0471. The molecule has 116 valence electrons. The van der Waals surface area contributed by atoms with E-state index in [0.29, 0.717) is 17.5 Å². The lowest BCUT2D eigenvalue weighted by Gasteiger charge is -2.11. The Balaban J connectivity index is 2.95. The van der Waals surface area contributed by atoms with E-state index in [1.807, 2.05) is 6.08 Å². The maximum atomic E-state index is 12.4. The highest BCUT2D eigenvalue weighted by Crippen LogP contribution is 2.22. The zero-order valence-electron chi connectivity index (χ0n) is 12.6. The molecule has 1 rings (SSSR count). The van der Waals surface area contributed by atoms with Gasteiger partial charge in [-0.15, -0.1) is 6.58 Å². The molecule has 1 aromatic rings. The molecule has 0 radical (unpaired) electrons. The van der Waals surface area contributed by atoms with E-state index in [1.165, 1.54) is 6.07 Å². The quantitative estimate of drug-likeness (QED) is 0.589. The highest BCUT2D eigenvalue weighted by atomic mass is 32.2. The Morgan fingerprint density at radius 3 is 2.43 bits per heavy atom. The van der Waals surface area contributed by atoms with Crippen molar-refractivity contribution in [2.45, 2.75) is 44.4 Å². The van der Waals surface area contributed by atoms with Crippen LogP contribution in [0.25, 0.3) is 0 Å². The molecule has 0 saturated carbocycles. The number of aryl methyl sites for hydroxylation is 2. The molecule has 0 aliphatic carbocycles. The Kier molecular flexibility index (Phi) is 6.15. The van der Waals surface area contributed by atoms with Gasteiger partial charge in [0.2, 0.25) is 0 Å². The summed E-state index contributed by atoms with van der Waals surface area (Å²) in [6.45, 7) is 6.99. The summed E-state index contributed by atoms with van der Waals surface area (Å²) in [4.78, 5) is 11.3. The van der Waals surface area contributed by atoms with Gasteiger partial charge in [0.05, 0.1) is 16.2 Å². The number of aromatic carboxylic acids is 1. The average Bonchev–Trinajstić information content (AvgIpc) is 2.37. The Morgan fingerprint density at radius 2 is 1.86 bits per heavy atom. The Bertz CT molecular complexity index is 630. The van der Waals surface area contributed by atoms with Crippen molar-refractivity contribution >= 4 is 15.8 Å². The largest absolute Gasteiger partial charge is 0.478 e. The first-order valence-electron chi connectivity index (χ1n) is 6.98. The molecular weight excluding hydrogens is 288 g/mol. The first-order chi connectivity index (χ1) is 9.79. The topological polar surface area (TPSA) is 71.4 Å². The summed E-state index contributed by atoms with van der Waals surface area (Å²) in [6, 6.07) is 2.90. The van der Waals surface area contributed by atoms with Crippen LogP contribution in [-0.2, 0) is 9.84 Å². The van der Waals surface area contributed by atoms with E-state index in [1.54, 1.807) is 19.9 Å². The van der Waals surface area contributed by atoms with Gasteiger partial charge in [-0.05, 0) is 50.3 Å². The van der Waals surface area contributed by atoms with Crippen molar-refractivity contribution in [3.63, 3.8) is 0 Å². The Labute approximate surface area is 126 Å². The van der Waals surface area contributed by atoms with Gasteiger partial charge >= 0.3 is 5.97 Å². The molecule has 0 heterocycles. The van der Waals surface area contributed by atoms with Crippen LogP contribution in [-0.4, -0.2) is 25.2 Å². The van der Waals surface area contributed by atoms with Crippen molar-refractivity contribution in [2.75, 3.05) is 5.75 Å². The van der Waals surface area contributed by atoms with E-state index >= 15 is 0 Å². The third-order valence-electron chi connectivity index (χ3n) is 3.41. The third-order valence-corrected chi connectivity index (χ3v) is 5.34. The van der Waals surface area contributed by atoms with E-state index in [0.717, 1.165) is 19.3 Å². The fourth-order valence-electron chi connectivity index (χ4n) is 2.27. The van der Waals surface area contributed by atoms with Gasteiger partial charge in [-0.3, -0.25) is 0 Å². The number of benzene rings is 1. The summed E-state index contributed by atoms with van der Waals surface area (Å²) in [7, 11) is -3.44. The van der Waals surface area contributed by atoms with Crippen molar-refractivity contribution in [2.24, 2.45) is 0 Å². The fraction of sp³-hybridized carbons (Fsp3) is 0.438. The van der Waals surface area contributed by atoms with Crippen LogP contribution in [0, 0.1) is 13.8 Å². The van der Waals surface area contributed by atoms with Crippen molar-refractivity contribution in [1.29, 1.82) is 0 Å². The molecule has 0 atom stereocenters. The number of carboxylic acid groups (broad SMARTS) is 1. The first-order valence-corrected chi connectivity index (χ1v) is 8.63. The number of rotatable bonds is 8. The lowest BCUT2D eigenvalue weighted by Crippen LogP contribution is -2.11. The molecule has 1 aromatic carbocycles. The van der Waals surface area contributed by atoms with Crippen molar-refractivity contribution in [3.8, 4) is 0 Å². The summed E-state index contributed by atoms with van der Waals surface area (Å²) < 4.78 is 24.7. The molecular formula is C16H22O4S. The monoisotopic (exact) mass is 310 g/mol. The Morgan fingerprint density at radius 1 is 1.19 bits per heavy atom. The molecule has 0 saturated heterocycles. The van der Waals surface area contributed by atoms with Crippen LogP contribution < -0.4 is 0 Å². The van der Waals surface area contributed by atoms with Gasteiger partial charge in [-0.1, -0.05) is 18.6 Å². The standard InChI is InChI=1S/C16H22O4S/c1-4-5-6-7-8-9-21(19,20)15-11-14(16(17)18)12(2)10-13(15)3/h4,10-11H,1,5-9H2,2-3H3,(H,17,18). The zero-order valence-corrected chi connectivity index (χ0v) is 13.4. The second kappa shape index (κ2) is 7.41. The number of carbonyl (C=O) groups is 1. The maximum Gasteiger partial charge on any atom is 0.335 e. The third kappa shape index (κ3) is 4.70. The summed E-state index contributed by atoms with van der Waals surface area (Å²) >= 11 is 0. The van der Waals surface area contributed by atoms with E-state index in [4.69, 9.17) is 5.11 Å². The maximum absolute atomic E-state index is 12.4. The molecule has 5 heteroatoms. The molecule has 0 spiro atoms. The highest BCUT2D eigenvalue weighted by Gasteiger charge is 2.20. The molecule has 0 fully saturated rings. The van der Waals surface area contributed by atoms with Crippen LogP contribution in [0.3, 0.4) is 0 Å². The summed E-state index contributed by atoms with van der Waals surface area (Å²) in [5, 5.41) is 9.12. The molecule has 0 aliphatic heterocycles. The smallest absolute Gasteiger partial charge is 0.335 e. The molecule has 0 bridgehead atoms. The van der Waals surface area contributed by atoms with Crippen LogP contribution in [0.2, 0.25) is 0 Å². The van der Waals surface area contributed by atoms with E-state index in [9.17, 15) is 13.2 Å². The van der Waals surface area contributed by atoms with E-state index < -0.39 is 15.8 Å². The van der Waals surface area contributed by atoms with Gasteiger partial charge in [-0.25, -0.2) is 13.2 Å². The molecule has 4 nitrogen and oxygen atoms in total. The van der Waals surface area contributed by atoms with Crippen LogP contribution in [0.1, 0.15) is 47.2 Å². The molecule has 0 amide bonds. The number of hydrogen-bond donors (Lipinski definition) is 1. The van der Waals surface area contributed by atoms with Gasteiger partial charge in [0.25, 0.3) is 0 Å². The van der Waals surface area contributed by atoms with Gasteiger partial charge in [0.1, 0.15) is 0 Å². The second-order valence-electron chi connectivity index (χ2n) is 5.19. The van der Waals surface area contributed by atoms with Crippen LogP contribution in [0.15, 0.2) is 29.7 Å². The van der Waals surface area contributed by atoms with Crippen LogP contribution in [0.4, 0.5) is 0 Å². The minimum Gasteiger partial charge on any atom is -0.478 e. The number of allylic oxidation sites excluding steroid dienone is 1. The predicted octanol–water partition coefficient (Wildman–Crippen LogP) is 3.52. The lowest BCUT2D eigenvalue weighted by atomic mass is 10.1. The summed E-state index contributed by atoms with van der Waals surface area (Å²) in [6.07, 6.45) is 5.02. The minimum atomic E-state index is -3.44. The molecule has 0 aliphatic rings. The van der Waals surface area contributed by atoms with Gasteiger partial charge in [0, 0.05) is 0 Å². The molecule has 0 unspecified atom stereocenters. The number of sulfone groups is 1. The van der Waals surface area contributed by atoms with E-state index in [-0.39, 0.29) is 16.2 Å². The van der Waals surface area contributed by atoms with Crippen molar-refractivity contribution < 1.29 is 18.3 Å². The Hall–Kier alpha value is -1.62. The van der Waals surface area contributed by atoms with Crippen LogP contribution in [0.5, 0.6) is 0 Å². The molecule has 1 N–H and O–H groups in total. The summed E-state index contributed by atoms with van der Waals surface area (Å²) in [5.41, 5.74) is 1.22. The number of unbranched alkanes of at least 4 members (excludes halogenated alkanes) is 3. The second-order valence-corrected chi connectivity index (χ2v) is 7.27. The first kappa shape index (κ1) is 17.4. The van der Waals surface area contributed by atoms with Gasteiger partial charge in [-0.2, -0.15) is 0 Å². The zero-order chi connectivity index (χ0) is 16.0.